The second-order valence-electron chi connectivity index (χ2n) is 3.73. The Balaban J connectivity index is 2.35. The van der Waals surface area contributed by atoms with E-state index in [-0.39, 0.29) is 11.6 Å². The number of halogens is 1. The van der Waals surface area contributed by atoms with Crippen molar-refractivity contribution in [2.24, 2.45) is 0 Å². The van der Waals surface area contributed by atoms with Gasteiger partial charge in [-0.2, -0.15) is 0 Å². The Hall–Kier alpha value is -1.09. The summed E-state index contributed by atoms with van der Waals surface area (Å²) in [6.45, 7) is 0. The smallest absolute Gasteiger partial charge is 0.165 e. The van der Waals surface area contributed by atoms with E-state index in [1.807, 2.05) is 0 Å². The molecule has 0 spiro atoms. The largest absolute Gasteiger partial charge is 0.494 e. The van der Waals surface area contributed by atoms with Gasteiger partial charge in [-0.1, -0.05) is 6.07 Å². The van der Waals surface area contributed by atoms with Gasteiger partial charge in [-0.15, -0.1) is 0 Å². The number of hydrogen-bond acceptors (Lipinski definition) is 2. The van der Waals surface area contributed by atoms with Crippen LogP contribution in [0.5, 0.6) is 5.75 Å². The number of methoxy groups -OCH3 is 1. The van der Waals surface area contributed by atoms with Crippen LogP contribution in [-0.4, -0.2) is 12.2 Å². The Morgan fingerprint density at radius 3 is 2.64 bits per heavy atom. The van der Waals surface area contributed by atoms with Crippen molar-refractivity contribution < 1.29 is 14.2 Å². The average Bonchev–Trinajstić information content (AvgIpc) is 2.15. The molecule has 0 amide bonds. The van der Waals surface area contributed by atoms with Crippen LogP contribution in [0.2, 0.25) is 0 Å². The van der Waals surface area contributed by atoms with Crippen LogP contribution in [0.25, 0.3) is 0 Å². The standard InChI is InChI=1S/C11H13FO2/c1-14-10-7-8(3-4-9(10)12)11(13)5-2-6-11/h3-4,7,13H,2,5-6H2,1H3. The summed E-state index contributed by atoms with van der Waals surface area (Å²) in [4.78, 5) is 0. The van der Waals surface area contributed by atoms with Crippen LogP contribution in [0.4, 0.5) is 4.39 Å². The average molecular weight is 196 g/mol. The van der Waals surface area contributed by atoms with Crippen molar-refractivity contribution >= 4 is 0 Å². The molecule has 2 rings (SSSR count). The third-order valence-electron chi connectivity index (χ3n) is 2.87. The summed E-state index contributed by atoms with van der Waals surface area (Å²) in [7, 11) is 1.42. The molecule has 0 aliphatic heterocycles. The third-order valence-corrected chi connectivity index (χ3v) is 2.87. The number of hydrogen-bond donors (Lipinski definition) is 1. The van der Waals surface area contributed by atoms with Crippen molar-refractivity contribution in [1.82, 2.24) is 0 Å². The van der Waals surface area contributed by atoms with Gasteiger partial charge >= 0.3 is 0 Å². The highest BCUT2D eigenvalue weighted by Gasteiger charge is 2.36. The minimum Gasteiger partial charge on any atom is -0.494 e. The molecular formula is C11H13FO2. The summed E-state index contributed by atoms with van der Waals surface area (Å²) in [6.07, 6.45) is 2.53. The summed E-state index contributed by atoms with van der Waals surface area (Å²) < 4.78 is 17.9. The van der Waals surface area contributed by atoms with Gasteiger partial charge in [0, 0.05) is 0 Å². The molecule has 0 saturated heterocycles. The Bertz CT molecular complexity index is 345. The van der Waals surface area contributed by atoms with E-state index < -0.39 is 5.60 Å². The number of rotatable bonds is 2. The van der Waals surface area contributed by atoms with E-state index in [1.165, 1.54) is 13.2 Å². The lowest BCUT2D eigenvalue weighted by atomic mass is 9.75. The maximum absolute atomic E-state index is 13.1. The normalized spacial score (nSPS) is 18.8. The quantitative estimate of drug-likeness (QED) is 0.785. The van der Waals surface area contributed by atoms with Gasteiger partial charge < -0.3 is 9.84 Å². The van der Waals surface area contributed by atoms with Crippen LogP contribution < -0.4 is 4.74 Å². The lowest BCUT2D eigenvalue weighted by molar-refractivity contribution is -0.0389. The minimum atomic E-state index is -0.749. The van der Waals surface area contributed by atoms with Crippen molar-refractivity contribution in [2.75, 3.05) is 7.11 Å². The summed E-state index contributed by atoms with van der Waals surface area (Å²) >= 11 is 0. The molecule has 76 valence electrons. The predicted molar refractivity (Wildman–Crippen MR) is 50.7 cm³/mol. The van der Waals surface area contributed by atoms with E-state index in [0.717, 1.165) is 24.8 Å². The monoisotopic (exact) mass is 196 g/mol. The number of benzene rings is 1. The molecule has 1 aliphatic carbocycles. The summed E-state index contributed by atoms with van der Waals surface area (Å²) in [5.74, 6) is -0.193. The van der Waals surface area contributed by atoms with Crippen LogP contribution in [0, 0.1) is 5.82 Å². The fourth-order valence-electron chi connectivity index (χ4n) is 1.75. The van der Waals surface area contributed by atoms with Crippen LogP contribution in [0.1, 0.15) is 24.8 Å². The maximum atomic E-state index is 13.1. The minimum absolute atomic E-state index is 0.197. The van der Waals surface area contributed by atoms with E-state index >= 15 is 0 Å². The highest BCUT2D eigenvalue weighted by molar-refractivity contribution is 5.34. The first kappa shape index (κ1) is 9.46. The molecule has 1 saturated carbocycles. The topological polar surface area (TPSA) is 29.5 Å². The fourth-order valence-corrected chi connectivity index (χ4v) is 1.75. The van der Waals surface area contributed by atoms with Crippen molar-refractivity contribution in [1.29, 1.82) is 0 Å². The Labute approximate surface area is 82.3 Å². The zero-order valence-corrected chi connectivity index (χ0v) is 8.09. The van der Waals surface area contributed by atoms with Gasteiger partial charge in [0.05, 0.1) is 12.7 Å². The van der Waals surface area contributed by atoms with Crippen molar-refractivity contribution in [2.45, 2.75) is 24.9 Å². The van der Waals surface area contributed by atoms with E-state index in [1.54, 1.807) is 12.1 Å². The zero-order chi connectivity index (χ0) is 10.2. The molecule has 14 heavy (non-hydrogen) atoms. The van der Waals surface area contributed by atoms with Gasteiger partial charge in [-0.05, 0) is 37.0 Å². The lowest BCUT2D eigenvalue weighted by Gasteiger charge is -2.37. The van der Waals surface area contributed by atoms with Gasteiger partial charge in [0.2, 0.25) is 0 Å². The summed E-state index contributed by atoms with van der Waals surface area (Å²) in [5.41, 5.74) is 0.00282. The first-order valence-corrected chi connectivity index (χ1v) is 4.72. The molecule has 2 nitrogen and oxygen atoms in total. The van der Waals surface area contributed by atoms with Crippen LogP contribution in [0.15, 0.2) is 18.2 Å². The third kappa shape index (κ3) is 1.38. The van der Waals surface area contributed by atoms with Crippen LogP contribution in [-0.2, 0) is 5.60 Å². The molecule has 0 bridgehead atoms. The molecule has 0 aromatic heterocycles. The van der Waals surface area contributed by atoms with Gasteiger partial charge in [0.25, 0.3) is 0 Å². The van der Waals surface area contributed by atoms with E-state index in [4.69, 9.17) is 4.74 Å². The van der Waals surface area contributed by atoms with Gasteiger partial charge in [0.15, 0.2) is 11.6 Å². The molecule has 1 aromatic rings. The Morgan fingerprint density at radius 1 is 1.43 bits per heavy atom. The van der Waals surface area contributed by atoms with E-state index in [9.17, 15) is 9.50 Å². The van der Waals surface area contributed by atoms with E-state index in [0.29, 0.717) is 0 Å². The van der Waals surface area contributed by atoms with Crippen LogP contribution in [0.3, 0.4) is 0 Å². The highest BCUT2D eigenvalue weighted by Crippen LogP contribution is 2.42. The van der Waals surface area contributed by atoms with Gasteiger partial charge in [-0.25, -0.2) is 4.39 Å². The zero-order valence-electron chi connectivity index (χ0n) is 8.09. The van der Waals surface area contributed by atoms with E-state index in [2.05, 4.69) is 0 Å². The molecule has 3 heteroatoms. The maximum Gasteiger partial charge on any atom is 0.165 e. The lowest BCUT2D eigenvalue weighted by Crippen LogP contribution is -2.33. The second kappa shape index (κ2) is 3.24. The highest BCUT2D eigenvalue weighted by atomic mass is 19.1. The second-order valence-corrected chi connectivity index (χ2v) is 3.73. The van der Waals surface area contributed by atoms with Gasteiger partial charge in [0.1, 0.15) is 0 Å². The Kier molecular flexibility index (Phi) is 2.19. The SMILES string of the molecule is COc1cc(C2(O)CCC2)ccc1F. The molecule has 1 N–H and O–H groups in total. The van der Waals surface area contributed by atoms with Gasteiger partial charge in [-0.3, -0.25) is 0 Å². The molecule has 0 unspecified atom stereocenters. The molecule has 0 atom stereocenters. The summed E-state index contributed by atoms with van der Waals surface area (Å²) in [5, 5.41) is 10.0. The fraction of sp³-hybridized carbons (Fsp3) is 0.455. The molecule has 0 heterocycles. The van der Waals surface area contributed by atoms with Crippen LogP contribution >= 0.6 is 0 Å². The Morgan fingerprint density at radius 2 is 2.14 bits per heavy atom. The number of ether oxygens (including phenoxy) is 1. The van der Waals surface area contributed by atoms with Crippen molar-refractivity contribution in [3.8, 4) is 5.75 Å². The van der Waals surface area contributed by atoms with Crippen molar-refractivity contribution in [3.05, 3.63) is 29.6 Å². The molecule has 1 aliphatic rings. The first-order chi connectivity index (χ1) is 6.65. The molecule has 0 radical (unpaired) electrons. The molecule has 1 aromatic carbocycles. The first-order valence-electron chi connectivity index (χ1n) is 4.72. The summed E-state index contributed by atoms with van der Waals surface area (Å²) in [6, 6.07) is 4.54. The predicted octanol–water partition coefficient (Wildman–Crippen LogP) is 2.21. The molecular weight excluding hydrogens is 183 g/mol. The van der Waals surface area contributed by atoms with Crippen molar-refractivity contribution in [3.63, 3.8) is 0 Å². The number of aliphatic hydroxyl groups is 1. The molecule has 1 fully saturated rings.